The molecule has 0 aromatic carbocycles. The third-order valence-corrected chi connectivity index (χ3v) is 2.11. The first-order valence-electron chi connectivity index (χ1n) is 4.23. The molecule has 1 heterocycles. The average molecular weight is 158 g/mol. The van der Waals surface area contributed by atoms with Gasteiger partial charge in [-0.3, -0.25) is 4.90 Å². The number of ether oxygens (including phenoxy) is 1. The Bertz CT molecular complexity index is 102. The van der Waals surface area contributed by atoms with Gasteiger partial charge in [0.1, 0.15) is 0 Å². The highest BCUT2D eigenvalue weighted by Crippen LogP contribution is 2.10. The SMILES string of the molecule is COCC([O])N1CCCCC1. The molecule has 1 rings (SSSR count). The summed E-state index contributed by atoms with van der Waals surface area (Å²) in [6.07, 6.45) is 2.97. The summed E-state index contributed by atoms with van der Waals surface area (Å²) in [6, 6.07) is 0. The van der Waals surface area contributed by atoms with Gasteiger partial charge < -0.3 is 4.74 Å². The first kappa shape index (κ1) is 8.97. The van der Waals surface area contributed by atoms with Crippen molar-refractivity contribution in [3.8, 4) is 0 Å². The third-order valence-electron chi connectivity index (χ3n) is 2.11. The number of rotatable bonds is 3. The monoisotopic (exact) mass is 158 g/mol. The third kappa shape index (κ3) is 2.77. The van der Waals surface area contributed by atoms with Crippen molar-refractivity contribution in [1.29, 1.82) is 0 Å². The van der Waals surface area contributed by atoms with Crippen LogP contribution in [-0.2, 0) is 9.84 Å². The van der Waals surface area contributed by atoms with Crippen LogP contribution in [0, 0.1) is 0 Å². The lowest BCUT2D eigenvalue weighted by atomic mass is 10.1. The molecule has 0 N–H and O–H groups in total. The molecule has 1 fully saturated rings. The number of likely N-dealkylation sites (tertiary alicyclic amines) is 1. The fourth-order valence-corrected chi connectivity index (χ4v) is 1.45. The van der Waals surface area contributed by atoms with Gasteiger partial charge in [-0.25, -0.2) is 5.11 Å². The normalized spacial score (nSPS) is 23.5. The van der Waals surface area contributed by atoms with E-state index in [0.717, 1.165) is 13.1 Å². The van der Waals surface area contributed by atoms with Crippen LogP contribution in [0.1, 0.15) is 19.3 Å². The van der Waals surface area contributed by atoms with Crippen LogP contribution in [0.5, 0.6) is 0 Å². The molecule has 1 atom stereocenters. The summed E-state index contributed by atoms with van der Waals surface area (Å²) < 4.78 is 4.80. The van der Waals surface area contributed by atoms with Crippen molar-refractivity contribution in [2.75, 3.05) is 26.8 Å². The Morgan fingerprint density at radius 1 is 1.36 bits per heavy atom. The first-order chi connectivity index (χ1) is 5.34. The molecule has 1 aliphatic rings. The van der Waals surface area contributed by atoms with E-state index in [9.17, 15) is 5.11 Å². The number of hydrogen-bond acceptors (Lipinski definition) is 2. The van der Waals surface area contributed by atoms with E-state index in [1.165, 1.54) is 19.3 Å². The van der Waals surface area contributed by atoms with Gasteiger partial charge in [0, 0.05) is 20.2 Å². The van der Waals surface area contributed by atoms with Gasteiger partial charge in [0.2, 0.25) is 0 Å². The van der Waals surface area contributed by atoms with E-state index < -0.39 is 6.23 Å². The molecule has 3 heteroatoms. The molecule has 11 heavy (non-hydrogen) atoms. The molecule has 1 saturated heterocycles. The Morgan fingerprint density at radius 3 is 2.55 bits per heavy atom. The smallest absolute Gasteiger partial charge is 0.169 e. The van der Waals surface area contributed by atoms with E-state index in [0.29, 0.717) is 6.61 Å². The second-order valence-corrected chi connectivity index (χ2v) is 3.01. The maximum Gasteiger partial charge on any atom is 0.169 e. The van der Waals surface area contributed by atoms with Gasteiger partial charge in [-0.05, 0) is 12.8 Å². The predicted molar refractivity (Wildman–Crippen MR) is 41.8 cm³/mol. The van der Waals surface area contributed by atoms with E-state index in [4.69, 9.17) is 4.74 Å². The highest BCUT2D eigenvalue weighted by molar-refractivity contribution is 4.66. The fraction of sp³-hybridized carbons (Fsp3) is 1.00. The average Bonchev–Trinajstić information content (AvgIpc) is 2.07. The number of hydrogen-bond donors (Lipinski definition) is 0. The fourth-order valence-electron chi connectivity index (χ4n) is 1.45. The Hall–Kier alpha value is -0.120. The van der Waals surface area contributed by atoms with Gasteiger partial charge in [0.25, 0.3) is 0 Å². The molecule has 0 aromatic heterocycles. The van der Waals surface area contributed by atoms with E-state index in [1.807, 2.05) is 4.90 Å². The molecule has 0 amide bonds. The summed E-state index contributed by atoms with van der Waals surface area (Å²) in [4.78, 5) is 1.97. The van der Waals surface area contributed by atoms with Crippen molar-refractivity contribution in [3.05, 3.63) is 0 Å². The molecule has 65 valence electrons. The van der Waals surface area contributed by atoms with Crippen molar-refractivity contribution in [2.24, 2.45) is 0 Å². The van der Waals surface area contributed by atoms with E-state index in [2.05, 4.69) is 0 Å². The lowest BCUT2D eigenvalue weighted by Gasteiger charge is -2.29. The molecule has 3 nitrogen and oxygen atoms in total. The van der Waals surface area contributed by atoms with Gasteiger partial charge in [-0.1, -0.05) is 6.42 Å². The zero-order valence-corrected chi connectivity index (χ0v) is 7.08. The van der Waals surface area contributed by atoms with Gasteiger partial charge in [0.15, 0.2) is 6.23 Å². The summed E-state index contributed by atoms with van der Waals surface area (Å²) >= 11 is 0. The topological polar surface area (TPSA) is 32.4 Å². The lowest BCUT2D eigenvalue weighted by Crippen LogP contribution is -2.40. The summed E-state index contributed by atoms with van der Waals surface area (Å²) in [5.74, 6) is 0. The second kappa shape index (κ2) is 4.70. The van der Waals surface area contributed by atoms with Crippen LogP contribution in [-0.4, -0.2) is 37.9 Å². The van der Waals surface area contributed by atoms with E-state index in [1.54, 1.807) is 7.11 Å². The first-order valence-corrected chi connectivity index (χ1v) is 4.23. The molecule has 0 aromatic rings. The molecule has 0 aliphatic carbocycles. The standard InChI is InChI=1S/C8H16NO2/c1-11-7-8(10)9-5-3-2-4-6-9/h8H,2-7H2,1H3. The summed E-state index contributed by atoms with van der Waals surface area (Å²) in [6.45, 7) is 2.23. The van der Waals surface area contributed by atoms with Gasteiger partial charge in [0.05, 0.1) is 6.61 Å². The summed E-state index contributed by atoms with van der Waals surface area (Å²) in [7, 11) is 1.58. The quantitative estimate of drug-likeness (QED) is 0.610. The highest BCUT2D eigenvalue weighted by atomic mass is 16.5. The van der Waals surface area contributed by atoms with Crippen molar-refractivity contribution in [3.63, 3.8) is 0 Å². The van der Waals surface area contributed by atoms with E-state index >= 15 is 0 Å². The molecule has 0 bridgehead atoms. The molecule has 0 spiro atoms. The van der Waals surface area contributed by atoms with Gasteiger partial charge in [-0.2, -0.15) is 0 Å². The van der Waals surface area contributed by atoms with Crippen LogP contribution in [0.2, 0.25) is 0 Å². The molecular weight excluding hydrogens is 142 g/mol. The Kier molecular flexibility index (Phi) is 3.83. The van der Waals surface area contributed by atoms with Crippen molar-refractivity contribution in [1.82, 2.24) is 4.90 Å². The Balaban J connectivity index is 2.21. The molecular formula is C8H16NO2. The zero-order chi connectivity index (χ0) is 8.10. The number of piperidine rings is 1. The van der Waals surface area contributed by atoms with Crippen LogP contribution in [0.25, 0.3) is 0 Å². The summed E-state index contributed by atoms with van der Waals surface area (Å²) in [5.41, 5.74) is 0. The highest BCUT2D eigenvalue weighted by Gasteiger charge is 2.18. The molecule has 1 aliphatic heterocycles. The Labute approximate surface area is 68.0 Å². The maximum atomic E-state index is 11.3. The maximum absolute atomic E-state index is 11.3. The van der Waals surface area contributed by atoms with Crippen LogP contribution >= 0.6 is 0 Å². The van der Waals surface area contributed by atoms with E-state index in [-0.39, 0.29) is 0 Å². The largest absolute Gasteiger partial charge is 0.380 e. The minimum absolute atomic E-state index is 0.319. The predicted octanol–water partition coefficient (Wildman–Crippen LogP) is 0.875. The van der Waals surface area contributed by atoms with Gasteiger partial charge >= 0.3 is 0 Å². The van der Waals surface area contributed by atoms with Crippen LogP contribution in [0.4, 0.5) is 0 Å². The zero-order valence-electron chi connectivity index (χ0n) is 7.08. The van der Waals surface area contributed by atoms with Crippen molar-refractivity contribution in [2.45, 2.75) is 25.5 Å². The van der Waals surface area contributed by atoms with Crippen LogP contribution < -0.4 is 0 Å². The number of nitrogens with zero attached hydrogens (tertiary/aromatic N) is 1. The minimum atomic E-state index is -0.639. The summed E-state index contributed by atoms with van der Waals surface area (Å²) in [5, 5.41) is 11.3. The molecule has 1 radical (unpaired) electrons. The van der Waals surface area contributed by atoms with Crippen LogP contribution in [0.3, 0.4) is 0 Å². The van der Waals surface area contributed by atoms with Gasteiger partial charge in [-0.15, -0.1) is 0 Å². The molecule has 0 saturated carbocycles. The van der Waals surface area contributed by atoms with Crippen LogP contribution in [0.15, 0.2) is 0 Å². The second-order valence-electron chi connectivity index (χ2n) is 3.01. The van der Waals surface area contributed by atoms with Crippen molar-refractivity contribution < 1.29 is 9.84 Å². The Morgan fingerprint density at radius 2 is 2.00 bits per heavy atom. The van der Waals surface area contributed by atoms with Crippen molar-refractivity contribution >= 4 is 0 Å². The minimum Gasteiger partial charge on any atom is -0.380 e. The number of methoxy groups -OCH3 is 1. The lowest BCUT2D eigenvalue weighted by molar-refractivity contribution is -0.0944. The molecule has 1 unspecified atom stereocenters.